The Morgan fingerprint density at radius 3 is 2.38 bits per heavy atom. The Bertz CT molecular complexity index is 195. The van der Waals surface area contributed by atoms with E-state index >= 15 is 0 Å². The van der Waals surface area contributed by atoms with Crippen molar-refractivity contribution in [2.45, 2.75) is 18.9 Å². The highest BCUT2D eigenvalue weighted by Gasteiger charge is 2.32. The van der Waals surface area contributed by atoms with Gasteiger partial charge in [-0.3, -0.25) is 4.79 Å². The van der Waals surface area contributed by atoms with Crippen LogP contribution in [0.25, 0.3) is 0 Å². The highest BCUT2D eigenvalue weighted by Crippen LogP contribution is 2.17. The predicted octanol–water partition coefficient (Wildman–Crippen LogP) is -0.384. The molecule has 2 rings (SSSR count). The van der Waals surface area contributed by atoms with Gasteiger partial charge in [0.15, 0.2) is 0 Å². The summed E-state index contributed by atoms with van der Waals surface area (Å²) in [6, 6.07) is 0. The monoisotopic (exact) mass is 185 g/mol. The summed E-state index contributed by atoms with van der Waals surface area (Å²) in [6.45, 7) is 2.57. The summed E-state index contributed by atoms with van der Waals surface area (Å²) in [5.74, 6) is 0.299. The zero-order valence-electron chi connectivity index (χ0n) is 7.61. The van der Waals surface area contributed by atoms with E-state index in [4.69, 9.17) is 4.74 Å². The average molecular weight is 185 g/mol. The van der Waals surface area contributed by atoms with Gasteiger partial charge in [0.2, 0.25) is 5.91 Å². The SMILES string of the molecule is O=C(C1COC1)N1CCC(O)CC1. The quantitative estimate of drug-likeness (QED) is 0.605. The maximum absolute atomic E-state index is 11.7. The van der Waals surface area contributed by atoms with Gasteiger partial charge in [0.1, 0.15) is 0 Å². The molecule has 2 aliphatic heterocycles. The first-order valence-electron chi connectivity index (χ1n) is 4.82. The van der Waals surface area contributed by atoms with Crippen LogP contribution in [-0.2, 0) is 9.53 Å². The molecule has 0 unspecified atom stereocenters. The van der Waals surface area contributed by atoms with Gasteiger partial charge in [-0.25, -0.2) is 0 Å². The van der Waals surface area contributed by atoms with Crippen LogP contribution >= 0.6 is 0 Å². The van der Waals surface area contributed by atoms with Gasteiger partial charge >= 0.3 is 0 Å². The first kappa shape index (κ1) is 8.97. The number of carbonyl (C=O) groups excluding carboxylic acids is 1. The van der Waals surface area contributed by atoms with E-state index in [1.54, 1.807) is 0 Å². The summed E-state index contributed by atoms with van der Waals surface area (Å²) in [5, 5.41) is 9.26. The van der Waals surface area contributed by atoms with Crippen molar-refractivity contribution in [1.82, 2.24) is 4.90 Å². The summed E-state index contributed by atoms with van der Waals surface area (Å²) in [4.78, 5) is 13.5. The van der Waals surface area contributed by atoms with E-state index in [1.807, 2.05) is 4.90 Å². The van der Waals surface area contributed by atoms with Gasteiger partial charge in [0.25, 0.3) is 0 Å². The van der Waals surface area contributed by atoms with Crippen molar-refractivity contribution in [3.63, 3.8) is 0 Å². The van der Waals surface area contributed by atoms with Crippen LogP contribution in [0.2, 0.25) is 0 Å². The number of amides is 1. The number of hydrogen-bond acceptors (Lipinski definition) is 3. The third-order valence-electron chi connectivity index (χ3n) is 2.76. The molecule has 2 heterocycles. The zero-order chi connectivity index (χ0) is 9.26. The number of piperidine rings is 1. The third-order valence-corrected chi connectivity index (χ3v) is 2.76. The number of aliphatic hydroxyl groups is 1. The van der Waals surface area contributed by atoms with E-state index in [9.17, 15) is 9.90 Å². The Labute approximate surface area is 77.5 Å². The maximum Gasteiger partial charge on any atom is 0.230 e. The number of aliphatic hydroxyl groups excluding tert-OH is 1. The van der Waals surface area contributed by atoms with Crippen molar-refractivity contribution in [2.75, 3.05) is 26.3 Å². The van der Waals surface area contributed by atoms with Gasteiger partial charge in [-0.05, 0) is 12.8 Å². The standard InChI is InChI=1S/C9H15NO3/c11-8-1-3-10(4-2-8)9(12)7-5-13-6-7/h7-8,11H,1-6H2. The van der Waals surface area contributed by atoms with Gasteiger partial charge in [-0.15, -0.1) is 0 Å². The molecule has 13 heavy (non-hydrogen) atoms. The number of rotatable bonds is 1. The van der Waals surface area contributed by atoms with E-state index in [2.05, 4.69) is 0 Å². The molecule has 74 valence electrons. The fraction of sp³-hybridized carbons (Fsp3) is 0.889. The molecule has 4 nitrogen and oxygen atoms in total. The van der Waals surface area contributed by atoms with E-state index in [0.717, 1.165) is 12.8 Å². The molecule has 2 saturated heterocycles. The summed E-state index contributed by atoms with van der Waals surface area (Å²) in [5.41, 5.74) is 0. The summed E-state index contributed by atoms with van der Waals surface area (Å²) < 4.78 is 4.97. The van der Waals surface area contributed by atoms with Crippen molar-refractivity contribution >= 4 is 5.91 Å². The minimum Gasteiger partial charge on any atom is -0.393 e. The molecule has 4 heteroatoms. The molecule has 1 N–H and O–H groups in total. The van der Waals surface area contributed by atoms with Crippen LogP contribution in [0, 0.1) is 5.92 Å². The van der Waals surface area contributed by atoms with Crippen LogP contribution in [0.15, 0.2) is 0 Å². The molecular weight excluding hydrogens is 170 g/mol. The Morgan fingerprint density at radius 1 is 1.31 bits per heavy atom. The molecular formula is C9H15NO3. The molecule has 2 fully saturated rings. The topological polar surface area (TPSA) is 49.8 Å². The second kappa shape index (κ2) is 3.64. The third kappa shape index (κ3) is 1.84. The number of nitrogens with zero attached hydrogens (tertiary/aromatic N) is 1. The molecule has 0 spiro atoms. The number of hydrogen-bond donors (Lipinski definition) is 1. The van der Waals surface area contributed by atoms with Gasteiger partial charge in [0.05, 0.1) is 25.2 Å². The van der Waals surface area contributed by atoms with Gasteiger partial charge in [-0.1, -0.05) is 0 Å². The maximum atomic E-state index is 11.7. The van der Waals surface area contributed by atoms with E-state index < -0.39 is 0 Å². The van der Waals surface area contributed by atoms with Crippen molar-refractivity contribution in [3.05, 3.63) is 0 Å². The number of carbonyl (C=O) groups is 1. The smallest absolute Gasteiger partial charge is 0.230 e. The zero-order valence-corrected chi connectivity index (χ0v) is 7.61. The molecule has 0 aromatic heterocycles. The van der Waals surface area contributed by atoms with Crippen LogP contribution in [0.3, 0.4) is 0 Å². The fourth-order valence-electron chi connectivity index (χ4n) is 1.72. The molecule has 0 aromatic rings. The van der Waals surface area contributed by atoms with Crippen LogP contribution < -0.4 is 0 Å². The molecule has 0 saturated carbocycles. The van der Waals surface area contributed by atoms with Crippen molar-refractivity contribution in [2.24, 2.45) is 5.92 Å². The van der Waals surface area contributed by atoms with Crippen LogP contribution in [0.5, 0.6) is 0 Å². The largest absolute Gasteiger partial charge is 0.393 e. The summed E-state index contributed by atoms with van der Waals surface area (Å²) in [6.07, 6.45) is 1.24. The van der Waals surface area contributed by atoms with Gasteiger partial charge in [0, 0.05) is 13.1 Å². The van der Waals surface area contributed by atoms with Crippen LogP contribution in [-0.4, -0.2) is 48.3 Å². The summed E-state index contributed by atoms with van der Waals surface area (Å²) in [7, 11) is 0. The molecule has 1 amide bonds. The first-order chi connectivity index (χ1) is 6.27. The minimum atomic E-state index is -0.207. The fourth-order valence-corrected chi connectivity index (χ4v) is 1.72. The molecule has 0 radical (unpaired) electrons. The van der Waals surface area contributed by atoms with E-state index in [1.165, 1.54) is 0 Å². The number of likely N-dealkylation sites (tertiary alicyclic amines) is 1. The first-order valence-corrected chi connectivity index (χ1v) is 4.82. The van der Waals surface area contributed by atoms with Crippen molar-refractivity contribution in [1.29, 1.82) is 0 Å². The Morgan fingerprint density at radius 2 is 1.92 bits per heavy atom. The predicted molar refractivity (Wildman–Crippen MR) is 46.1 cm³/mol. The summed E-state index contributed by atoms with van der Waals surface area (Å²) >= 11 is 0. The lowest BCUT2D eigenvalue weighted by molar-refractivity contribution is -0.151. The average Bonchev–Trinajstić information content (AvgIpc) is 2.02. The van der Waals surface area contributed by atoms with E-state index in [0.29, 0.717) is 26.3 Å². The highest BCUT2D eigenvalue weighted by molar-refractivity contribution is 5.79. The van der Waals surface area contributed by atoms with Crippen LogP contribution in [0.1, 0.15) is 12.8 Å². The second-order valence-electron chi connectivity index (χ2n) is 3.79. The van der Waals surface area contributed by atoms with E-state index in [-0.39, 0.29) is 17.9 Å². The normalized spacial score (nSPS) is 25.8. The van der Waals surface area contributed by atoms with Gasteiger partial charge < -0.3 is 14.7 Å². The lowest BCUT2D eigenvalue weighted by Crippen LogP contribution is -2.48. The molecule has 0 aliphatic carbocycles. The van der Waals surface area contributed by atoms with Crippen molar-refractivity contribution < 1.29 is 14.6 Å². The Kier molecular flexibility index (Phi) is 2.51. The molecule has 0 atom stereocenters. The van der Waals surface area contributed by atoms with Gasteiger partial charge in [-0.2, -0.15) is 0 Å². The lowest BCUT2D eigenvalue weighted by atomic mass is 10.0. The molecule has 2 aliphatic rings. The minimum absolute atomic E-state index is 0.0928. The van der Waals surface area contributed by atoms with Crippen molar-refractivity contribution in [3.8, 4) is 0 Å². The highest BCUT2D eigenvalue weighted by atomic mass is 16.5. The van der Waals surface area contributed by atoms with Crippen LogP contribution in [0.4, 0.5) is 0 Å². The molecule has 0 aromatic carbocycles. The second-order valence-corrected chi connectivity index (χ2v) is 3.79. The Balaban J connectivity index is 1.83. The lowest BCUT2D eigenvalue weighted by Gasteiger charge is -2.35. The molecule has 0 bridgehead atoms. The Hall–Kier alpha value is -0.610. The number of ether oxygens (including phenoxy) is 1.